The van der Waals surface area contributed by atoms with Crippen molar-refractivity contribution >= 4 is 34.0 Å². The number of thiocarbonyl (C=S) groups is 1. The maximum Gasteiger partial charge on any atom is 0.341 e. The molecule has 0 unspecified atom stereocenters. The van der Waals surface area contributed by atoms with Crippen LogP contribution >= 0.6 is 12.2 Å². The van der Waals surface area contributed by atoms with Crippen molar-refractivity contribution in [3.05, 3.63) is 52.7 Å². The lowest BCUT2D eigenvalue weighted by Gasteiger charge is -2.27. The molecule has 0 spiro atoms. The molecule has 8 heteroatoms. The lowest BCUT2D eigenvalue weighted by atomic mass is 9.99. The van der Waals surface area contributed by atoms with Crippen LogP contribution in [0.3, 0.4) is 0 Å². The predicted molar refractivity (Wildman–Crippen MR) is 147 cm³/mol. The topological polar surface area (TPSA) is 73.2 Å². The second-order valence-electron chi connectivity index (χ2n) is 9.74. The van der Waals surface area contributed by atoms with Crippen LogP contribution < -0.4 is 9.47 Å². The van der Waals surface area contributed by atoms with Crippen molar-refractivity contribution in [2.24, 2.45) is 0 Å². The number of ether oxygens (including phenoxy) is 3. The lowest BCUT2D eigenvalue weighted by Crippen LogP contribution is -2.29. The van der Waals surface area contributed by atoms with Crippen molar-refractivity contribution in [2.75, 3.05) is 33.9 Å². The third-order valence-electron chi connectivity index (χ3n) is 7.34. The van der Waals surface area contributed by atoms with Crippen LogP contribution in [0.5, 0.6) is 17.2 Å². The van der Waals surface area contributed by atoms with Gasteiger partial charge in [-0.2, -0.15) is 0 Å². The summed E-state index contributed by atoms with van der Waals surface area (Å²) >= 11 is 6.08. The molecule has 0 bridgehead atoms. The van der Waals surface area contributed by atoms with Gasteiger partial charge in [-0.05, 0) is 81.6 Å². The van der Waals surface area contributed by atoms with Gasteiger partial charge in [-0.1, -0.05) is 18.6 Å². The number of aromatic hydroxyl groups is 1. The standard InChI is InChI=1S/C29H34N2O5S/c1-4-36-29(33)26-25-20(17-30-14-6-5-7-15-30)22(32)12-11-21(25)31(19-9-10-19)27(26)28(37)18-8-13-23(34-2)24(16-18)35-3/h8,11-13,16,19,32H,4-7,9-10,14-15,17H2,1-3H3. The molecule has 2 heterocycles. The van der Waals surface area contributed by atoms with E-state index in [-0.39, 0.29) is 18.4 Å². The fourth-order valence-corrected chi connectivity index (χ4v) is 5.74. The number of methoxy groups -OCH3 is 2. The van der Waals surface area contributed by atoms with E-state index in [9.17, 15) is 9.90 Å². The first-order valence-corrected chi connectivity index (χ1v) is 13.4. The van der Waals surface area contributed by atoms with Gasteiger partial charge >= 0.3 is 5.97 Å². The molecular formula is C29H34N2O5S. The number of hydrogen-bond acceptors (Lipinski definition) is 7. The van der Waals surface area contributed by atoms with Crippen molar-refractivity contribution in [3.63, 3.8) is 0 Å². The summed E-state index contributed by atoms with van der Waals surface area (Å²) in [6.07, 6.45) is 5.52. The Hall–Kier alpha value is -3.10. The van der Waals surface area contributed by atoms with Gasteiger partial charge in [0.2, 0.25) is 0 Å². The van der Waals surface area contributed by atoms with Crippen LogP contribution in [-0.2, 0) is 11.3 Å². The normalized spacial score (nSPS) is 16.1. The molecule has 37 heavy (non-hydrogen) atoms. The summed E-state index contributed by atoms with van der Waals surface area (Å²) in [6.45, 7) is 4.58. The SMILES string of the molecule is CCOC(=O)c1c(C(=S)c2ccc(OC)c(OC)c2)n(C2CC2)c2ccc(O)c(CN3CCCCC3)c12. The number of phenolic OH excluding ortho intramolecular Hbond substituents is 1. The van der Waals surface area contributed by atoms with Gasteiger partial charge in [-0.15, -0.1) is 0 Å². The summed E-state index contributed by atoms with van der Waals surface area (Å²) < 4.78 is 18.7. The zero-order chi connectivity index (χ0) is 26.1. The van der Waals surface area contributed by atoms with Crippen LogP contribution in [0.4, 0.5) is 0 Å². The van der Waals surface area contributed by atoms with E-state index in [0.717, 1.165) is 60.8 Å². The van der Waals surface area contributed by atoms with Crippen LogP contribution in [0.2, 0.25) is 0 Å². The van der Waals surface area contributed by atoms with E-state index in [1.165, 1.54) is 6.42 Å². The van der Waals surface area contributed by atoms with E-state index in [2.05, 4.69) is 9.47 Å². The fraction of sp³-hybridized carbons (Fsp3) is 0.448. The van der Waals surface area contributed by atoms with Crippen LogP contribution in [0.15, 0.2) is 30.3 Å². The Morgan fingerprint density at radius 1 is 1.05 bits per heavy atom. The number of fused-ring (bicyclic) bond motifs is 1. The minimum absolute atomic E-state index is 0.195. The quantitative estimate of drug-likeness (QED) is 0.222. The number of carbonyl (C=O) groups excluding carboxylic acids is 1. The number of benzene rings is 2. The van der Waals surface area contributed by atoms with E-state index < -0.39 is 5.97 Å². The first kappa shape index (κ1) is 25.5. The second kappa shape index (κ2) is 10.7. The summed E-state index contributed by atoms with van der Waals surface area (Å²) in [5.41, 5.74) is 3.53. The Morgan fingerprint density at radius 3 is 2.43 bits per heavy atom. The average molecular weight is 523 g/mol. The Kier molecular flexibility index (Phi) is 7.40. The van der Waals surface area contributed by atoms with E-state index in [1.54, 1.807) is 27.2 Å². The van der Waals surface area contributed by atoms with Crippen molar-refractivity contribution in [3.8, 4) is 17.2 Å². The minimum Gasteiger partial charge on any atom is -0.508 e. The number of likely N-dealkylation sites (tertiary alicyclic amines) is 1. The zero-order valence-corrected chi connectivity index (χ0v) is 22.5. The summed E-state index contributed by atoms with van der Waals surface area (Å²) in [5, 5.41) is 11.8. The summed E-state index contributed by atoms with van der Waals surface area (Å²) in [5.74, 6) is 0.948. The van der Waals surface area contributed by atoms with Crippen LogP contribution in [0.25, 0.3) is 10.9 Å². The molecule has 0 radical (unpaired) electrons. The molecule has 1 saturated carbocycles. The highest BCUT2D eigenvalue weighted by Gasteiger charge is 2.36. The maximum absolute atomic E-state index is 13.6. The Balaban J connectivity index is 1.74. The molecule has 1 aromatic heterocycles. The van der Waals surface area contributed by atoms with E-state index in [1.807, 2.05) is 24.3 Å². The van der Waals surface area contributed by atoms with Gasteiger partial charge in [0.25, 0.3) is 0 Å². The van der Waals surface area contributed by atoms with Crippen molar-refractivity contribution in [1.82, 2.24) is 9.47 Å². The van der Waals surface area contributed by atoms with Gasteiger partial charge < -0.3 is 23.9 Å². The summed E-state index contributed by atoms with van der Waals surface area (Å²) in [4.78, 5) is 16.5. The first-order valence-electron chi connectivity index (χ1n) is 13.0. The number of aromatic nitrogens is 1. The van der Waals surface area contributed by atoms with Gasteiger partial charge in [0, 0.05) is 23.5 Å². The molecule has 1 N–H and O–H groups in total. The Morgan fingerprint density at radius 2 is 1.78 bits per heavy atom. The number of esters is 1. The first-order chi connectivity index (χ1) is 18.0. The summed E-state index contributed by atoms with van der Waals surface area (Å²) in [7, 11) is 3.18. The number of piperidine rings is 1. The maximum atomic E-state index is 13.6. The highest BCUT2D eigenvalue weighted by atomic mass is 32.1. The Bertz CT molecular complexity index is 1340. The Labute approximate surface area is 222 Å². The number of rotatable bonds is 9. The van der Waals surface area contributed by atoms with Crippen molar-refractivity contribution in [2.45, 2.75) is 51.6 Å². The molecule has 2 aliphatic rings. The molecular weight excluding hydrogens is 488 g/mol. The number of carbonyl (C=O) groups is 1. The van der Waals surface area contributed by atoms with Gasteiger partial charge in [0.05, 0.1) is 42.5 Å². The third-order valence-corrected chi connectivity index (χ3v) is 7.77. The minimum atomic E-state index is -0.421. The highest BCUT2D eigenvalue weighted by Crippen LogP contribution is 2.45. The van der Waals surface area contributed by atoms with Gasteiger partial charge in [-0.3, -0.25) is 4.90 Å². The molecule has 3 aromatic rings. The van der Waals surface area contributed by atoms with Gasteiger partial charge in [0.1, 0.15) is 5.75 Å². The zero-order valence-electron chi connectivity index (χ0n) is 21.7. The van der Waals surface area contributed by atoms with Crippen molar-refractivity contribution in [1.29, 1.82) is 0 Å². The largest absolute Gasteiger partial charge is 0.508 e. The average Bonchev–Trinajstić information content (AvgIpc) is 3.70. The van der Waals surface area contributed by atoms with Crippen LogP contribution in [-0.4, -0.2) is 59.3 Å². The molecule has 5 rings (SSSR count). The summed E-state index contributed by atoms with van der Waals surface area (Å²) in [6, 6.07) is 9.45. The number of nitrogens with zero attached hydrogens (tertiary/aromatic N) is 2. The van der Waals surface area contributed by atoms with E-state index >= 15 is 0 Å². The number of hydrogen-bond donors (Lipinski definition) is 1. The highest BCUT2D eigenvalue weighted by molar-refractivity contribution is 7.81. The lowest BCUT2D eigenvalue weighted by molar-refractivity contribution is 0.0528. The monoisotopic (exact) mass is 522 g/mol. The van der Waals surface area contributed by atoms with E-state index in [0.29, 0.717) is 34.2 Å². The van der Waals surface area contributed by atoms with Crippen molar-refractivity contribution < 1.29 is 24.1 Å². The van der Waals surface area contributed by atoms with Crippen LogP contribution in [0.1, 0.15) is 72.2 Å². The molecule has 0 amide bonds. The molecule has 2 aromatic carbocycles. The smallest absolute Gasteiger partial charge is 0.341 e. The fourth-order valence-electron chi connectivity index (χ4n) is 5.42. The molecule has 7 nitrogen and oxygen atoms in total. The number of phenols is 1. The molecule has 1 aliphatic carbocycles. The third kappa shape index (κ3) is 4.80. The molecule has 2 fully saturated rings. The molecule has 0 atom stereocenters. The van der Waals surface area contributed by atoms with Gasteiger partial charge in [-0.25, -0.2) is 4.79 Å². The van der Waals surface area contributed by atoms with Crippen LogP contribution in [0, 0.1) is 0 Å². The molecule has 196 valence electrons. The molecule has 1 aliphatic heterocycles. The molecule has 1 saturated heterocycles. The predicted octanol–water partition coefficient (Wildman–Crippen LogP) is 5.63. The van der Waals surface area contributed by atoms with E-state index in [4.69, 9.17) is 26.4 Å². The van der Waals surface area contributed by atoms with Gasteiger partial charge in [0.15, 0.2) is 11.5 Å². The second-order valence-corrected chi connectivity index (χ2v) is 10.1.